The first-order valence-corrected chi connectivity index (χ1v) is 6.73. The van der Waals surface area contributed by atoms with Crippen molar-refractivity contribution in [2.24, 2.45) is 0 Å². The van der Waals surface area contributed by atoms with Crippen LogP contribution in [0.2, 0.25) is 10.2 Å². The highest BCUT2D eigenvalue weighted by Crippen LogP contribution is 2.22. The van der Waals surface area contributed by atoms with E-state index < -0.39 is 0 Å². The van der Waals surface area contributed by atoms with Crippen molar-refractivity contribution >= 4 is 35.0 Å². The Morgan fingerprint density at radius 1 is 1.26 bits per heavy atom. The molecule has 0 radical (unpaired) electrons. The quantitative estimate of drug-likeness (QED) is 0.907. The average molecular weight is 306 g/mol. The van der Waals surface area contributed by atoms with Crippen LogP contribution in [-0.4, -0.2) is 53.3 Å². The van der Waals surface area contributed by atoms with Crippen molar-refractivity contribution in [1.82, 2.24) is 14.8 Å². The van der Waals surface area contributed by atoms with Crippen LogP contribution in [0.4, 0.5) is 0 Å². The Balaban J connectivity index is 2.70. The third kappa shape index (κ3) is 3.88. The Hall–Kier alpha value is -1.20. The van der Waals surface area contributed by atoms with Crippen molar-refractivity contribution in [1.29, 1.82) is 0 Å². The molecule has 0 aliphatic carbocycles. The predicted octanol–water partition coefficient (Wildman–Crippen LogP) is 2.26. The number of H-pyrrole nitrogens is 1. The molecule has 19 heavy (non-hydrogen) atoms. The van der Waals surface area contributed by atoms with Gasteiger partial charge in [-0.1, -0.05) is 23.2 Å². The SMILES string of the molecule is CCN(CC)C(=O)CN(C)C(=O)c1cc(Cl)c(Cl)[nH]1. The minimum Gasteiger partial charge on any atom is -0.342 e. The molecule has 0 aliphatic heterocycles. The molecule has 0 saturated carbocycles. The molecular weight excluding hydrogens is 289 g/mol. The Kier molecular flexibility index (Phi) is 5.69. The van der Waals surface area contributed by atoms with Crippen molar-refractivity contribution in [2.45, 2.75) is 13.8 Å². The lowest BCUT2D eigenvalue weighted by molar-refractivity contribution is -0.131. The maximum Gasteiger partial charge on any atom is 0.270 e. The largest absolute Gasteiger partial charge is 0.342 e. The maximum absolute atomic E-state index is 12.1. The van der Waals surface area contributed by atoms with Gasteiger partial charge in [-0.3, -0.25) is 9.59 Å². The lowest BCUT2D eigenvalue weighted by atomic mass is 10.3. The van der Waals surface area contributed by atoms with E-state index in [1.54, 1.807) is 11.9 Å². The minimum absolute atomic E-state index is 0.0226. The van der Waals surface area contributed by atoms with E-state index in [1.807, 2.05) is 13.8 Å². The molecule has 0 saturated heterocycles. The molecule has 5 nitrogen and oxygen atoms in total. The third-order valence-corrected chi connectivity index (χ3v) is 3.48. The molecule has 7 heteroatoms. The second kappa shape index (κ2) is 6.82. The number of halogens is 2. The van der Waals surface area contributed by atoms with Gasteiger partial charge in [0.2, 0.25) is 5.91 Å². The molecule has 2 amide bonds. The van der Waals surface area contributed by atoms with Crippen LogP contribution in [0, 0.1) is 0 Å². The number of hydrogen-bond donors (Lipinski definition) is 1. The van der Waals surface area contributed by atoms with E-state index in [0.717, 1.165) is 0 Å². The van der Waals surface area contributed by atoms with Crippen molar-refractivity contribution < 1.29 is 9.59 Å². The summed E-state index contributed by atoms with van der Waals surface area (Å²) < 4.78 is 0. The monoisotopic (exact) mass is 305 g/mol. The first-order valence-electron chi connectivity index (χ1n) is 5.97. The first kappa shape index (κ1) is 15.9. The third-order valence-electron chi connectivity index (χ3n) is 2.79. The molecule has 0 bridgehead atoms. The second-order valence-electron chi connectivity index (χ2n) is 4.07. The Morgan fingerprint density at radius 3 is 2.26 bits per heavy atom. The van der Waals surface area contributed by atoms with E-state index in [-0.39, 0.29) is 34.2 Å². The molecule has 1 rings (SSSR count). The summed E-state index contributed by atoms with van der Waals surface area (Å²) >= 11 is 11.5. The number of rotatable bonds is 5. The summed E-state index contributed by atoms with van der Waals surface area (Å²) in [5.74, 6) is -0.418. The number of aromatic amines is 1. The lowest BCUT2D eigenvalue weighted by Gasteiger charge is -2.22. The van der Waals surface area contributed by atoms with Crippen molar-refractivity contribution in [3.05, 3.63) is 21.9 Å². The van der Waals surface area contributed by atoms with Gasteiger partial charge in [-0.05, 0) is 19.9 Å². The summed E-state index contributed by atoms with van der Waals surface area (Å²) in [6.07, 6.45) is 0. The molecule has 0 aromatic carbocycles. The van der Waals surface area contributed by atoms with Gasteiger partial charge in [-0.15, -0.1) is 0 Å². The molecule has 1 heterocycles. The van der Waals surface area contributed by atoms with Gasteiger partial charge in [0.25, 0.3) is 5.91 Å². The summed E-state index contributed by atoms with van der Waals surface area (Å²) in [5, 5.41) is 0.502. The van der Waals surface area contributed by atoms with Crippen LogP contribution in [-0.2, 0) is 4.79 Å². The number of nitrogens with zero attached hydrogens (tertiary/aromatic N) is 2. The summed E-state index contributed by atoms with van der Waals surface area (Å²) in [7, 11) is 1.56. The zero-order chi connectivity index (χ0) is 14.6. The van der Waals surface area contributed by atoms with Crippen molar-refractivity contribution in [3.8, 4) is 0 Å². The van der Waals surface area contributed by atoms with E-state index in [1.165, 1.54) is 11.0 Å². The summed E-state index contributed by atoms with van der Waals surface area (Å²) in [5.41, 5.74) is 0.268. The molecular formula is C12H17Cl2N3O2. The number of likely N-dealkylation sites (N-methyl/N-ethyl adjacent to an activating group) is 2. The normalized spacial score (nSPS) is 10.4. The summed E-state index contributed by atoms with van der Waals surface area (Å²) in [6.45, 7) is 5.06. The maximum atomic E-state index is 12.1. The van der Waals surface area contributed by atoms with Gasteiger partial charge < -0.3 is 14.8 Å². The molecule has 1 aromatic heterocycles. The highest BCUT2D eigenvalue weighted by Gasteiger charge is 2.19. The number of amides is 2. The number of carbonyl (C=O) groups is 2. The molecule has 0 unspecified atom stereocenters. The van der Waals surface area contributed by atoms with Crippen LogP contribution in [0.15, 0.2) is 6.07 Å². The minimum atomic E-state index is -0.325. The smallest absolute Gasteiger partial charge is 0.270 e. The molecule has 0 spiro atoms. The van der Waals surface area contributed by atoms with Gasteiger partial charge in [0, 0.05) is 20.1 Å². The van der Waals surface area contributed by atoms with Gasteiger partial charge >= 0.3 is 0 Å². The van der Waals surface area contributed by atoms with E-state index in [2.05, 4.69) is 4.98 Å². The highest BCUT2D eigenvalue weighted by molar-refractivity contribution is 6.41. The molecule has 106 valence electrons. The van der Waals surface area contributed by atoms with Crippen LogP contribution in [0.1, 0.15) is 24.3 Å². The highest BCUT2D eigenvalue weighted by atomic mass is 35.5. The topological polar surface area (TPSA) is 56.4 Å². The van der Waals surface area contributed by atoms with E-state index in [0.29, 0.717) is 13.1 Å². The number of carbonyl (C=O) groups excluding carboxylic acids is 2. The molecule has 0 atom stereocenters. The van der Waals surface area contributed by atoms with E-state index in [9.17, 15) is 9.59 Å². The fourth-order valence-electron chi connectivity index (χ4n) is 1.68. The van der Waals surface area contributed by atoms with Crippen LogP contribution in [0.5, 0.6) is 0 Å². The van der Waals surface area contributed by atoms with Gasteiger partial charge in [0.1, 0.15) is 10.8 Å². The van der Waals surface area contributed by atoms with Crippen molar-refractivity contribution in [2.75, 3.05) is 26.7 Å². The van der Waals surface area contributed by atoms with Crippen LogP contribution < -0.4 is 0 Å². The van der Waals surface area contributed by atoms with Crippen LogP contribution in [0.3, 0.4) is 0 Å². The van der Waals surface area contributed by atoms with Crippen molar-refractivity contribution in [3.63, 3.8) is 0 Å². The number of nitrogens with one attached hydrogen (secondary N) is 1. The zero-order valence-corrected chi connectivity index (χ0v) is 12.7. The Bertz CT molecular complexity index is 450. The standard InChI is InChI=1S/C12H17Cl2N3O2/c1-4-17(5-2)10(18)7-16(3)12(19)9-6-8(13)11(14)15-9/h6,15H,4-5,7H2,1-3H3. The van der Waals surface area contributed by atoms with E-state index in [4.69, 9.17) is 23.2 Å². The van der Waals surface area contributed by atoms with Gasteiger partial charge in [0.05, 0.1) is 11.6 Å². The Morgan fingerprint density at radius 2 is 1.84 bits per heavy atom. The molecule has 1 N–H and O–H groups in total. The van der Waals surface area contributed by atoms with Gasteiger partial charge in [-0.25, -0.2) is 0 Å². The average Bonchev–Trinajstić information content (AvgIpc) is 2.70. The summed E-state index contributed by atoms with van der Waals surface area (Å²) in [4.78, 5) is 29.6. The van der Waals surface area contributed by atoms with E-state index >= 15 is 0 Å². The molecule has 1 aromatic rings. The van der Waals surface area contributed by atoms with Gasteiger partial charge in [-0.2, -0.15) is 0 Å². The van der Waals surface area contributed by atoms with Crippen LogP contribution >= 0.6 is 23.2 Å². The molecule has 0 fully saturated rings. The fraction of sp³-hybridized carbons (Fsp3) is 0.500. The lowest BCUT2D eigenvalue weighted by Crippen LogP contribution is -2.41. The fourth-order valence-corrected chi connectivity index (χ4v) is 1.99. The molecule has 0 aliphatic rings. The number of aromatic nitrogens is 1. The zero-order valence-electron chi connectivity index (χ0n) is 11.2. The summed E-state index contributed by atoms with van der Waals surface area (Å²) in [6, 6.07) is 1.45. The first-order chi connectivity index (χ1) is 8.90. The number of hydrogen-bond acceptors (Lipinski definition) is 2. The predicted molar refractivity (Wildman–Crippen MR) is 75.7 cm³/mol. The Labute approximate surface area is 122 Å². The second-order valence-corrected chi connectivity index (χ2v) is 4.86. The van der Waals surface area contributed by atoms with Crippen LogP contribution in [0.25, 0.3) is 0 Å². The van der Waals surface area contributed by atoms with Gasteiger partial charge in [0.15, 0.2) is 0 Å².